The molecule has 0 bridgehead atoms. The fourth-order valence-electron chi connectivity index (χ4n) is 3.84. The van der Waals surface area contributed by atoms with Crippen LogP contribution in [0.25, 0.3) is 0 Å². The molecule has 3 rings (SSSR count). The van der Waals surface area contributed by atoms with E-state index < -0.39 is 11.7 Å². The lowest BCUT2D eigenvalue weighted by molar-refractivity contribution is -0.138. The van der Waals surface area contributed by atoms with Crippen molar-refractivity contribution in [3.8, 4) is 5.88 Å². The molecule has 0 radical (unpaired) electrons. The van der Waals surface area contributed by atoms with Crippen LogP contribution in [-0.2, 0) is 10.9 Å². The first-order valence-electron chi connectivity index (χ1n) is 8.32. The van der Waals surface area contributed by atoms with E-state index >= 15 is 0 Å². The fourth-order valence-corrected chi connectivity index (χ4v) is 3.84. The van der Waals surface area contributed by atoms with Crippen LogP contribution >= 0.6 is 0 Å². The maximum atomic E-state index is 12.7. The Bertz CT molecular complexity index is 570. The van der Waals surface area contributed by atoms with Gasteiger partial charge in [0.25, 0.3) is 0 Å². The minimum Gasteiger partial charge on any atom is -0.475 e. The van der Waals surface area contributed by atoms with E-state index in [1.807, 2.05) is 6.92 Å². The fraction of sp³-hybridized carbons (Fsp3) is 0.750. The first kappa shape index (κ1) is 17.4. The van der Waals surface area contributed by atoms with Crippen molar-refractivity contribution in [3.63, 3.8) is 0 Å². The van der Waals surface area contributed by atoms with Crippen LogP contribution in [0.5, 0.6) is 5.88 Å². The minimum absolute atomic E-state index is 0.0729. The van der Waals surface area contributed by atoms with Crippen molar-refractivity contribution in [1.82, 2.24) is 15.1 Å². The summed E-state index contributed by atoms with van der Waals surface area (Å²) in [6, 6.07) is 1.09. The van der Waals surface area contributed by atoms with E-state index in [4.69, 9.17) is 9.47 Å². The predicted octanol–water partition coefficient (Wildman–Crippen LogP) is 2.91. The van der Waals surface area contributed by atoms with E-state index in [-0.39, 0.29) is 17.5 Å². The van der Waals surface area contributed by atoms with Crippen molar-refractivity contribution in [3.05, 3.63) is 17.8 Å². The topological polar surface area (TPSA) is 47.5 Å². The normalized spacial score (nSPS) is 27.4. The molecule has 1 unspecified atom stereocenters. The van der Waals surface area contributed by atoms with Crippen LogP contribution in [-0.4, -0.2) is 53.0 Å². The highest BCUT2D eigenvalue weighted by atomic mass is 19.4. The summed E-state index contributed by atoms with van der Waals surface area (Å²) in [6.45, 7) is 4.69. The van der Waals surface area contributed by atoms with Gasteiger partial charge in [0.1, 0.15) is 6.61 Å². The number of rotatable bonds is 6. The minimum atomic E-state index is -4.44. The van der Waals surface area contributed by atoms with Crippen molar-refractivity contribution in [2.24, 2.45) is 0 Å². The van der Waals surface area contributed by atoms with Gasteiger partial charge in [0.2, 0.25) is 5.88 Å². The second kappa shape index (κ2) is 6.84. The van der Waals surface area contributed by atoms with Crippen LogP contribution in [0.2, 0.25) is 0 Å². The summed E-state index contributed by atoms with van der Waals surface area (Å²) in [7, 11) is 0. The molecule has 2 fully saturated rings. The van der Waals surface area contributed by atoms with Crippen molar-refractivity contribution in [2.45, 2.75) is 50.4 Å². The van der Waals surface area contributed by atoms with Gasteiger partial charge in [-0.05, 0) is 39.2 Å². The zero-order valence-electron chi connectivity index (χ0n) is 13.7. The summed E-state index contributed by atoms with van der Waals surface area (Å²) in [6.07, 6.45) is 0.480. The predicted molar refractivity (Wildman–Crippen MR) is 80.7 cm³/mol. The molecule has 0 N–H and O–H groups in total. The summed E-state index contributed by atoms with van der Waals surface area (Å²) in [5.41, 5.74) is -0.769. The van der Waals surface area contributed by atoms with E-state index in [9.17, 15) is 13.2 Å². The van der Waals surface area contributed by atoms with Gasteiger partial charge in [0, 0.05) is 24.3 Å². The van der Waals surface area contributed by atoms with Gasteiger partial charge in [-0.3, -0.25) is 4.90 Å². The molecule has 1 aromatic heterocycles. The Hall–Kier alpha value is -1.41. The number of alkyl halides is 3. The average molecular weight is 345 g/mol. The quantitative estimate of drug-likeness (QED) is 0.793. The monoisotopic (exact) mass is 345 g/mol. The number of hydrogen-bond donors (Lipinski definition) is 0. The van der Waals surface area contributed by atoms with Crippen molar-refractivity contribution in [1.29, 1.82) is 0 Å². The summed E-state index contributed by atoms with van der Waals surface area (Å²) in [5, 5.41) is 7.04. The highest BCUT2D eigenvalue weighted by Crippen LogP contribution is 2.42. The molecule has 2 aliphatic rings. The molecule has 2 aliphatic heterocycles. The van der Waals surface area contributed by atoms with Gasteiger partial charge in [-0.2, -0.15) is 18.3 Å². The van der Waals surface area contributed by atoms with Crippen LogP contribution in [0.3, 0.4) is 0 Å². The molecule has 24 heavy (non-hydrogen) atoms. The summed E-state index contributed by atoms with van der Waals surface area (Å²) in [5.74, 6) is -0.0775. The van der Waals surface area contributed by atoms with Crippen molar-refractivity contribution in [2.75, 3.05) is 26.4 Å². The van der Waals surface area contributed by atoms with Crippen LogP contribution in [0, 0.1) is 0 Å². The van der Waals surface area contributed by atoms with Crippen molar-refractivity contribution < 1.29 is 22.6 Å². The highest BCUT2D eigenvalue weighted by molar-refractivity contribution is 5.19. The molecule has 0 aliphatic carbocycles. The van der Waals surface area contributed by atoms with E-state index in [0.29, 0.717) is 26.0 Å². The molecule has 0 amide bonds. The molecule has 134 valence electrons. The number of hydrogen-bond acceptors (Lipinski definition) is 5. The first-order chi connectivity index (χ1) is 11.4. The number of ether oxygens (including phenoxy) is 2. The largest absolute Gasteiger partial charge is 0.475 e. The van der Waals surface area contributed by atoms with Crippen LogP contribution < -0.4 is 4.74 Å². The van der Waals surface area contributed by atoms with E-state index in [2.05, 4.69) is 15.1 Å². The van der Waals surface area contributed by atoms with Crippen LogP contribution in [0.4, 0.5) is 13.2 Å². The molecule has 1 aromatic rings. The lowest BCUT2D eigenvalue weighted by Gasteiger charge is -2.34. The highest BCUT2D eigenvalue weighted by Gasteiger charge is 2.49. The Morgan fingerprint density at radius 2 is 2.21 bits per heavy atom. The molecule has 3 heterocycles. The molecule has 5 nitrogen and oxygen atoms in total. The zero-order chi connectivity index (χ0) is 17.2. The van der Waals surface area contributed by atoms with Gasteiger partial charge < -0.3 is 9.47 Å². The summed E-state index contributed by atoms with van der Waals surface area (Å²) >= 11 is 0. The second-order valence-corrected chi connectivity index (χ2v) is 6.44. The lowest BCUT2D eigenvalue weighted by atomic mass is 9.95. The first-order valence-corrected chi connectivity index (χ1v) is 8.32. The average Bonchev–Trinajstić information content (AvgIpc) is 3.10. The number of aromatic nitrogens is 2. The van der Waals surface area contributed by atoms with E-state index in [1.54, 1.807) is 0 Å². The van der Waals surface area contributed by atoms with E-state index in [0.717, 1.165) is 38.3 Å². The maximum absolute atomic E-state index is 12.7. The molecule has 8 heteroatoms. The Morgan fingerprint density at radius 1 is 1.38 bits per heavy atom. The number of halogens is 3. The van der Waals surface area contributed by atoms with Gasteiger partial charge in [-0.15, -0.1) is 5.10 Å². The van der Waals surface area contributed by atoms with E-state index in [1.165, 1.54) is 0 Å². The Morgan fingerprint density at radius 3 is 2.96 bits per heavy atom. The zero-order valence-corrected chi connectivity index (χ0v) is 13.7. The lowest BCUT2D eigenvalue weighted by Crippen LogP contribution is -2.47. The van der Waals surface area contributed by atoms with Gasteiger partial charge >= 0.3 is 6.18 Å². The van der Waals surface area contributed by atoms with Gasteiger partial charge in [0.15, 0.2) is 0 Å². The van der Waals surface area contributed by atoms with Gasteiger partial charge in [-0.1, -0.05) is 0 Å². The van der Waals surface area contributed by atoms with Gasteiger partial charge in [0.05, 0.1) is 18.4 Å². The molecule has 0 spiro atoms. The third-order valence-electron chi connectivity index (χ3n) is 4.99. The molecule has 0 saturated carbocycles. The third kappa shape index (κ3) is 3.49. The molecule has 2 saturated heterocycles. The molecule has 0 aromatic carbocycles. The van der Waals surface area contributed by atoms with Crippen molar-refractivity contribution >= 4 is 0 Å². The Labute approximate surface area is 139 Å². The number of nitrogens with zero attached hydrogens (tertiary/aromatic N) is 3. The molecular weight excluding hydrogens is 323 g/mol. The SMILES string of the molecule is CCOC[C@@]12CCCN1C(COc1cc(C(F)(F)F)cnn1)CC2. The standard InChI is InChI=1S/C16H22F3N3O2/c1-2-23-11-15-5-3-7-22(15)13(4-6-15)10-24-14-8-12(9-20-21-14)16(17,18)19/h8-9,13H,2-7,10-11H2,1H3/t13?,15-/m0/s1. The smallest absolute Gasteiger partial charge is 0.418 e. The Balaban J connectivity index is 1.62. The summed E-state index contributed by atoms with van der Waals surface area (Å²) < 4.78 is 49.3. The maximum Gasteiger partial charge on any atom is 0.418 e. The Kier molecular flexibility index (Phi) is 4.96. The van der Waals surface area contributed by atoms with Crippen LogP contribution in [0.1, 0.15) is 38.2 Å². The number of fused-ring (bicyclic) bond motifs is 1. The molecule has 2 atom stereocenters. The summed E-state index contributed by atoms with van der Waals surface area (Å²) in [4.78, 5) is 2.41. The van der Waals surface area contributed by atoms with Gasteiger partial charge in [-0.25, -0.2) is 0 Å². The third-order valence-corrected chi connectivity index (χ3v) is 4.99. The molecular formula is C16H22F3N3O2. The van der Waals surface area contributed by atoms with Crippen LogP contribution in [0.15, 0.2) is 12.3 Å². The second-order valence-electron chi connectivity index (χ2n) is 6.44.